The number of nitrogens with one attached hydrogen (secondary N) is 1. The van der Waals surface area contributed by atoms with Crippen molar-refractivity contribution in [3.63, 3.8) is 0 Å². The molecule has 1 saturated heterocycles. The molecule has 7 heteroatoms. The Morgan fingerprint density at radius 3 is 2.95 bits per heavy atom. The van der Waals surface area contributed by atoms with E-state index in [0.29, 0.717) is 25.3 Å². The third-order valence-electron chi connectivity index (χ3n) is 3.74. The van der Waals surface area contributed by atoms with Gasteiger partial charge in [0, 0.05) is 25.3 Å². The Kier molecular flexibility index (Phi) is 5.55. The van der Waals surface area contributed by atoms with Crippen LogP contribution in [0.5, 0.6) is 0 Å². The Hall–Kier alpha value is -1.18. The van der Waals surface area contributed by atoms with E-state index in [0.717, 1.165) is 19.3 Å². The van der Waals surface area contributed by atoms with Crippen LogP contribution >= 0.6 is 0 Å². The van der Waals surface area contributed by atoms with Crippen molar-refractivity contribution >= 4 is 15.8 Å². The van der Waals surface area contributed by atoms with E-state index in [4.69, 9.17) is 0 Å². The van der Waals surface area contributed by atoms with E-state index in [2.05, 4.69) is 10.3 Å². The van der Waals surface area contributed by atoms with Gasteiger partial charge < -0.3 is 10.4 Å². The molecule has 1 aliphatic rings. The molecule has 0 aromatic carbocycles. The summed E-state index contributed by atoms with van der Waals surface area (Å²) in [5, 5.41) is 12.5. The molecule has 0 spiro atoms. The van der Waals surface area contributed by atoms with Gasteiger partial charge >= 0.3 is 0 Å². The van der Waals surface area contributed by atoms with Gasteiger partial charge in [0.1, 0.15) is 10.7 Å². The minimum Gasteiger partial charge on any atom is -0.395 e. The summed E-state index contributed by atoms with van der Waals surface area (Å²) in [6.07, 6.45) is 5.04. The number of nitrogens with zero attached hydrogens (tertiary/aromatic N) is 2. The van der Waals surface area contributed by atoms with Gasteiger partial charge in [0.15, 0.2) is 0 Å². The topological polar surface area (TPSA) is 82.5 Å². The monoisotopic (exact) mass is 313 g/mol. The molecule has 1 aliphatic heterocycles. The number of rotatable bonds is 5. The lowest BCUT2D eigenvalue weighted by atomic mass is 10.1. The Morgan fingerprint density at radius 2 is 2.24 bits per heavy atom. The van der Waals surface area contributed by atoms with Crippen molar-refractivity contribution in [3.8, 4) is 0 Å². The third-order valence-corrected chi connectivity index (χ3v) is 5.72. The van der Waals surface area contributed by atoms with E-state index in [-0.39, 0.29) is 17.5 Å². The summed E-state index contributed by atoms with van der Waals surface area (Å²) in [6, 6.07) is 2.85. The van der Waals surface area contributed by atoms with Gasteiger partial charge in [-0.1, -0.05) is 12.8 Å². The van der Waals surface area contributed by atoms with Crippen LogP contribution in [-0.2, 0) is 10.0 Å². The standard InChI is InChI=1S/C14H23N3O3S/c1-2-15-14-13(8-6-9-16-14)21(19,20)17-10-5-3-4-7-12(17)11-18/h6,8-9,12,18H,2-5,7,10-11H2,1H3,(H,15,16). The molecular weight excluding hydrogens is 290 g/mol. The Bertz CT molecular complexity index is 562. The normalized spacial score (nSPS) is 21.0. The Morgan fingerprint density at radius 1 is 1.43 bits per heavy atom. The first-order valence-corrected chi connectivity index (χ1v) is 8.87. The van der Waals surface area contributed by atoms with Crippen LogP contribution in [-0.4, -0.2) is 48.6 Å². The summed E-state index contributed by atoms with van der Waals surface area (Å²) in [5.41, 5.74) is 0. The van der Waals surface area contributed by atoms with E-state index in [1.165, 1.54) is 4.31 Å². The highest BCUT2D eigenvalue weighted by molar-refractivity contribution is 7.89. The van der Waals surface area contributed by atoms with Crippen LogP contribution in [0.2, 0.25) is 0 Å². The van der Waals surface area contributed by atoms with Crippen LogP contribution in [0, 0.1) is 0 Å². The van der Waals surface area contributed by atoms with Gasteiger partial charge in [0.05, 0.1) is 6.61 Å². The second-order valence-electron chi connectivity index (χ2n) is 5.18. The van der Waals surface area contributed by atoms with Crippen LogP contribution in [0.15, 0.2) is 23.2 Å². The zero-order chi connectivity index (χ0) is 15.3. The van der Waals surface area contributed by atoms with Gasteiger partial charge in [0.25, 0.3) is 0 Å². The predicted molar refractivity (Wildman–Crippen MR) is 81.6 cm³/mol. The lowest BCUT2D eigenvalue weighted by Gasteiger charge is -2.28. The molecule has 1 unspecified atom stereocenters. The third kappa shape index (κ3) is 3.53. The summed E-state index contributed by atoms with van der Waals surface area (Å²) in [6.45, 7) is 2.81. The van der Waals surface area contributed by atoms with Crippen molar-refractivity contribution in [1.82, 2.24) is 9.29 Å². The first-order valence-electron chi connectivity index (χ1n) is 7.42. The van der Waals surface area contributed by atoms with Gasteiger partial charge in [-0.15, -0.1) is 0 Å². The predicted octanol–water partition coefficient (Wildman–Crippen LogP) is 1.44. The number of aliphatic hydroxyl groups excluding tert-OH is 1. The maximum Gasteiger partial charge on any atom is 0.247 e. The molecule has 6 nitrogen and oxygen atoms in total. The van der Waals surface area contributed by atoms with Crippen LogP contribution in [0.3, 0.4) is 0 Å². The van der Waals surface area contributed by atoms with E-state index in [1.807, 2.05) is 6.92 Å². The quantitative estimate of drug-likeness (QED) is 0.859. The van der Waals surface area contributed by atoms with Crippen molar-refractivity contribution in [1.29, 1.82) is 0 Å². The zero-order valence-corrected chi connectivity index (χ0v) is 13.1. The number of aromatic nitrogens is 1. The van der Waals surface area contributed by atoms with Crippen molar-refractivity contribution in [2.75, 3.05) is 25.0 Å². The van der Waals surface area contributed by atoms with Gasteiger partial charge in [-0.3, -0.25) is 0 Å². The van der Waals surface area contributed by atoms with E-state index < -0.39 is 10.0 Å². The number of aliphatic hydroxyl groups is 1. The molecule has 0 saturated carbocycles. The largest absolute Gasteiger partial charge is 0.395 e. The second-order valence-corrected chi connectivity index (χ2v) is 7.04. The lowest BCUT2D eigenvalue weighted by molar-refractivity contribution is 0.186. The Balaban J connectivity index is 2.40. The second kappa shape index (κ2) is 7.20. The fourth-order valence-corrected chi connectivity index (χ4v) is 4.48. The average Bonchev–Trinajstić information content (AvgIpc) is 2.73. The minimum atomic E-state index is -3.65. The molecule has 1 atom stereocenters. The highest BCUT2D eigenvalue weighted by Gasteiger charge is 2.33. The molecule has 0 amide bonds. The van der Waals surface area contributed by atoms with Gasteiger partial charge in [0.2, 0.25) is 10.0 Å². The summed E-state index contributed by atoms with van der Waals surface area (Å²) in [5.74, 6) is 0.376. The molecular formula is C14H23N3O3S. The van der Waals surface area contributed by atoms with Crippen molar-refractivity contribution in [2.24, 2.45) is 0 Å². The van der Waals surface area contributed by atoms with Crippen LogP contribution in [0.1, 0.15) is 32.6 Å². The SMILES string of the molecule is CCNc1ncccc1S(=O)(=O)N1CCCCCC1CO. The molecule has 0 bridgehead atoms. The van der Waals surface area contributed by atoms with Crippen molar-refractivity contribution in [2.45, 2.75) is 43.5 Å². The van der Waals surface area contributed by atoms with E-state index in [9.17, 15) is 13.5 Å². The molecule has 2 heterocycles. The molecule has 1 aromatic rings. The van der Waals surface area contributed by atoms with E-state index in [1.54, 1.807) is 18.3 Å². The van der Waals surface area contributed by atoms with Gasteiger partial charge in [-0.2, -0.15) is 4.31 Å². The molecule has 1 fully saturated rings. The lowest BCUT2D eigenvalue weighted by Crippen LogP contribution is -2.42. The molecule has 0 aliphatic carbocycles. The highest BCUT2D eigenvalue weighted by Crippen LogP contribution is 2.27. The smallest absolute Gasteiger partial charge is 0.247 e. The minimum absolute atomic E-state index is 0.143. The first kappa shape index (κ1) is 16.2. The molecule has 2 N–H and O–H groups in total. The van der Waals surface area contributed by atoms with Gasteiger partial charge in [-0.25, -0.2) is 13.4 Å². The zero-order valence-electron chi connectivity index (χ0n) is 12.3. The summed E-state index contributed by atoms with van der Waals surface area (Å²) >= 11 is 0. The number of anilines is 1. The Labute approximate surface area is 126 Å². The molecule has 1 aromatic heterocycles. The maximum absolute atomic E-state index is 12.9. The fourth-order valence-electron chi connectivity index (χ4n) is 2.67. The maximum atomic E-state index is 12.9. The number of hydrogen-bond acceptors (Lipinski definition) is 5. The number of pyridine rings is 1. The van der Waals surface area contributed by atoms with Gasteiger partial charge in [-0.05, 0) is 31.9 Å². The summed E-state index contributed by atoms with van der Waals surface area (Å²) < 4.78 is 27.3. The first-order chi connectivity index (χ1) is 10.1. The summed E-state index contributed by atoms with van der Waals surface area (Å²) in [4.78, 5) is 4.31. The average molecular weight is 313 g/mol. The van der Waals surface area contributed by atoms with Crippen molar-refractivity contribution in [3.05, 3.63) is 18.3 Å². The van der Waals surface area contributed by atoms with Crippen LogP contribution < -0.4 is 5.32 Å². The molecule has 118 valence electrons. The molecule has 21 heavy (non-hydrogen) atoms. The fraction of sp³-hybridized carbons (Fsp3) is 0.643. The van der Waals surface area contributed by atoms with Crippen LogP contribution in [0.25, 0.3) is 0 Å². The summed E-state index contributed by atoms with van der Waals surface area (Å²) in [7, 11) is -3.65. The van der Waals surface area contributed by atoms with E-state index >= 15 is 0 Å². The highest BCUT2D eigenvalue weighted by atomic mass is 32.2. The molecule has 2 rings (SSSR count). The number of sulfonamides is 1. The molecule has 0 radical (unpaired) electrons. The number of hydrogen-bond donors (Lipinski definition) is 2. The van der Waals surface area contributed by atoms with Crippen LogP contribution in [0.4, 0.5) is 5.82 Å². The van der Waals surface area contributed by atoms with Crippen molar-refractivity contribution < 1.29 is 13.5 Å².